The van der Waals surface area contributed by atoms with Crippen molar-refractivity contribution >= 4 is 0 Å². The van der Waals surface area contributed by atoms with E-state index in [1.807, 2.05) is 27.7 Å². The largest absolute Gasteiger partial charge is 0.258 e. The molecule has 1 aromatic rings. The van der Waals surface area contributed by atoms with Crippen LogP contribution >= 0.6 is 0 Å². The van der Waals surface area contributed by atoms with Gasteiger partial charge in [0.25, 0.3) is 0 Å². The van der Waals surface area contributed by atoms with Gasteiger partial charge in [0.05, 0.1) is 0 Å². The molecule has 0 N–H and O–H groups in total. The highest BCUT2D eigenvalue weighted by molar-refractivity contribution is 5.22. The van der Waals surface area contributed by atoms with E-state index >= 15 is 0 Å². The number of rotatable bonds is 3. The van der Waals surface area contributed by atoms with E-state index in [1.54, 1.807) is 0 Å². The van der Waals surface area contributed by atoms with E-state index in [9.17, 15) is 0 Å². The van der Waals surface area contributed by atoms with Gasteiger partial charge in [0.2, 0.25) is 0 Å². The first-order valence-corrected chi connectivity index (χ1v) is 6.73. The maximum Gasteiger partial charge on any atom is 0.0435 e. The third kappa shape index (κ3) is 6.60. The third-order valence-electron chi connectivity index (χ3n) is 2.06. The lowest BCUT2D eigenvalue weighted by atomic mass is 10.1. The van der Waals surface area contributed by atoms with Gasteiger partial charge in [-0.05, 0) is 31.4 Å². The van der Waals surface area contributed by atoms with Gasteiger partial charge in [-0.25, -0.2) is 0 Å². The Morgan fingerprint density at radius 1 is 1.00 bits per heavy atom. The van der Waals surface area contributed by atoms with E-state index < -0.39 is 0 Å². The number of hydrogen-bond donors (Lipinski definition) is 0. The van der Waals surface area contributed by atoms with Crippen LogP contribution in [-0.2, 0) is 12.8 Å². The molecule has 1 heteroatoms. The van der Waals surface area contributed by atoms with Gasteiger partial charge in [0, 0.05) is 11.4 Å². The van der Waals surface area contributed by atoms with E-state index in [4.69, 9.17) is 0 Å². The smallest absolute Gasteiger partial charge is 0.0435 e. The lowest BCUT2D eigenvalue weighted by Gasteiger charge is -2.05. The number of nitrogens with zero attached hydrogens (tertiary/aromatic N) is 1. The number of hydrogen-bond acceptors (Lipinski definition) is 1. The summed E-state index contributed by atoms with van der Waals surface area (Å²) in [7, 11) is 0. The van der Waals surface area contributed by atoms with Crippen molar-refractivity contribution < 1.29 is 0 Å². The Bertz CT molecular complexity index is 254. The molecule has 0 aliphatic heterocycles. The zero-order chi connectivity index (χ0) is 13.0. The Hall–Kier alpha value is -0.850. The summed E-state index contributed by atoms with van der Waals surface area (Å²) in [5, 5.41) is 0. The molecule has 1 heterocycles. The van der Waals surface area contributed by atoms with Crippen molar-refractivity contribution in [1.29, 1.82) is 0 Å². The summed E-state index contributed by atoms with van der Waals surface area (Å²) in [6.45, 7) is 14.4. The van der Waals surface area contributed by atoms with Crippen molar-refractivity contribution in [3.05, 3.63) is 29.1 Å². The van der Waals surface area contributed by atoms with Crippen LogP contribution in [0.2, 0.25) is 0 Å². The second-order valence-corrected chi connectivity index (χ2v) is 3.16. The van der Waals surface area contributed by atoms with Gasteiger partial charge in [-0.3, -0.25) is 4.98 Å². The maximum absolute atomic E-state index is 4.51. The minimum absolute atomic E-state index is 1.05. The van der Waals surface area contributed by atoms with Gasteiger partial charge in [-0.1, -0.05) is 54.0 Å². The summed E-state index contributed by atoms with van der Waals surface area (Å²) < 4.78 is 0. The van der Waals surface area contributed by atoms with Gasteiger partial charge in [0.15, 0.2) is 0 Å². The van der Waals surface area contributed by atoms with Crippen LogP contribution in [0.25, 0.3) is 0 Å². The van der Waals surface area contributed by atoms with E-state index in [0.717, 1.165) is 18.5 Å². The van der Waals surface area contributed by atoms with Gasteiger partial charge in [0.1, 0.15) is 0 Å². The fraction of sp³-hybridized carbons (Fsp3) is 0.667. The van der Waals surface area contributed by atoms with Crippen molar-refractivity contribution in [1.82, 2.24) is 4.98 Å². The minimum atomic E-state index is 1.05. The molecule has 0 unspecified atom stereocenters. The predicted octanol–water partition coefficient (Wildman–Crippen LogP) is 4.96. The summed E-state index contributed by atoms with van der Waals surface area (Å²) in [5.74, 6) is 0. The predicted molar refractivity (Wildman–Crippen MR) is 75.0 cm³/mol. The first-order valence-electron chi connectivity index (χ1n) is 6.73. The molecule has 1 aromatic heterocycles. The average molecular weight is 223 g/mol. The van der Waals surface area contributed by atoms with Crippen molar-refractivity contribution in [2.45, 2.75) is 67.7 Å². The zero-order valence-corrected chi connectivity index (χ0v) is 12.2. The molecule has 1 nitrogen and oxygen atoms in total. The average Bonchev–Trinajstić information content (AvgIpc) is 2.36. The topological polar surface area (TPSA) is 12.9 Å². The standard InChI is InChI=1S/C11H17N.2C2H6/c1-4-6-10-8-7-9(3)12-11(10)5-2;2*1-2/h7-8H,4-6H2,1-3H3;2*1-2H3. The van der Waals surface area contributed by atoms with E-state index in [2.05, 4.69) is 37.9 Å². The minimum Gasteiger partial charge on any atom is -0.258 e. The Balaban J connectivity index is 0. The molecule has 0 atom stereocenters. The molecule has 0 saturated carbocycles. The molecule has 0 aliphatic carbocycles. The van der Waals surface area contributed by atoms with Crippen LogP contribution in [0.15, 0.2) is 12.1 Å². The summed E-state index contributed by atoms with van der Waals surface area (Å²) in [6.07, 6.45) is 3.42. The highest BCUT2D eigenvalue weighted by Crippen LogP contribution is 2.10. The fourth-order valence-electron chi connectivity index (χ4n) is 1.44. The molecule has 94 valence electrons. The molecule has 0 saturated heterocycles. The summed E-state index contributed by atoms with van der Waals surface area (Å²) in [4.78, 5) is 4.51. The van der Waals surface area contributed by atoms with Crippen LogP contribution in [0.1, 0.15) is 64.9 Å². The highest BCUT2D eigenvalue weighted by atomic mass is 14.7. The van der Waals surface area contributed by atoms with Gasteiger partial charge in [-0.2, -0.15) is 0 Å². The lowest BCUT2D eigenvalue weighted by Crippen LogP contribution is -1.97. The van der Waals surface area contributed by atoms with Crippen molar-refractivity contribution in [2.75, 3.05) is 0 Å². The quantitative estimate of drug-likeness (QED) is 0.706. The molecule has 16 heavy (non-hydrogen) atoms. The second kappa shape index (κ2) is 12.2. The molecule has 0 amide bonds. The first-order chi connectivity index (χ1) is 7.77. The van der Waals surface area contributed by atoms with E-state index in [-0.39, 0.29) is 0 Å². The van der Waals surface area contributed by atoms with Crippen molar-refractivity contribution in [3.8, 4) is 0 Å². The van der Waals surface area contributed by atoms with E-state index in [0.29, 0.717) is 0 Å². The molecule has 0 bridgehead atoms. The molecule has 0 spiro atoms. The number of pyridine rings is 1. The van der Waals surface area contributed by atoms with Gasteiger partial charge < -0.3 is 0 Å². The van der Waals surface area contributed by atoms with E-state index in [1.165, 1.54) is 17.7 Å². The first kappa shape index (κ1) is 17.5. The summed E-state index contributed by atoms with van der Waals surface area (Å²) in [6, 6.07) is 4.31. The molecular formula is C15H29N. The zero-order valence-electron chi connectivity index (χ0n) is 12.2. The van der Waals surface area contributed by atoms with Gasteiger partial charge in [-0.15, -0.1) is 0 Å². The third-order valence-corrected chi connectivity index (χ3v) is 2.06. The normalized spacial score (nSPS) is 8.44. The Morgan fingerprint density at radius 2 is 1.56 bits per heavy atom. The Labute approximate surface area is 102 Å². The molecule has 0 aromatic carbocycles. The summed E-state index contributed by atoms with van der Waals surface area (Å²) >= 11 is 0. The SMILES string of the molecule is CC.CC.CCCc1ccc(C)nc1CC. The van der Waals surface area contributed by atoms with Crippen LogP contribution in [0, 0.1) is 6.92 Å². The Morgan fingerprint density at radius 3 is 2.00 bits per heavy atom. The molecule has 0 fully saturated rings. The van der Waals surface area contributed by atoms with Crippen LogP contribution < -0.4 is 0 Å². The monoisotopic (exact) mass is 223 g/mol. The Kier molecular flexibility index (Phi) is 13.4. The summed E-state index contributed by atoms with van der Waals surface area (Å²) in [5.41, 5.74) is 3.83. The number of aryl methyl sites for hydroxylation is 3. The van der Waals surface area contributed by atoms with Crippen LogP contribution in [0.5, 0.6) is 0 Å². The lowest BCUT2D eigenvalue weighted by molar-refractivity contribution is 0.869. The fourth-order valence-corrected chi connectivity index (χ4v) is 1.44. The molecule has 1 rings (SSSR count). The molecular weight excluding hydrogens is 194 g/mol. The van der Waals surface area contributed by atoms with Crippen molar-refractivity contribution in [2.24, 2.45) is 0 Å². The molecule has 0 aliphatic rings. The number of aromatic nitrogens is 1. The van der Waals surface area contributed by atoms with Crippen molar-refractivity contribution in [3.63, 3.8) is 0 Å². The van der Waals surface area contributed by atoms with Crippen LogP contribution in [0.3, 0.4) is 0 Å². The van der Waals surface area contributed by atoms with Crippen LogP contribution in [0.4, 0.5) is 0 Å². The van der Waals surface area contributed by atoms with Crippen LogP contribution in [-0.4, -0.2) is 4.98 Å². The van der Waals surface area contributed by atoms with Gasteiger partial charge >= 0.3 is 0 Å². The molecule has 0 radical (unpaired) electrons. The highest BCUT2D eigenvalue weighted by Gasteiger charge is 2.00. The second-order valence-electron chi connectivity index (χ2n) is 3.16. The maximum atomic E-state index is 4.51.